The SMILES string of the molecule is Cc1ccncc1NC(=O)C(C)(C)C(F)F. The largest absolute Gasteiger partial charge is 0.324 e. The van der Waals surface area contributed by atoms with E-state index in [1.165, 1.54) is 20.0 Å². The van der Waals surface area contributed by atoms with Crippen molar-refractivity contribution in [2.24, 2.45) is 5.41 Å². The molecule has 1 rings (SSSR count). The van der Waals surface area contributed by atoms with E-state index in [4.69, 9.17) is 0 Å². The Balaban J connectivity index is 2.84. The van der Waals surface area contributed by atoms with Crippen LogP contribution < -0.4 is 5.32 Å². The summed E-state index contributed by atoms with van der Waals surface area (Å²) in [5.74, 6) is -0.710. The highest BCUT2D eigenvalue weighted by Gasteiger charge is 2.37. The first-order valence-electron chi connectivity index (χ1n) is 4.86. The highest BCUT2D eigenvalue weighted by atomic mass is 19.3. The number of aryl methyl sites for hydroxylation is 1. The first-order valence-corrected chi connectivity index (χ1v) is 4.86. The van der Waals surface area contributed by atoms with Crippen molar-refractivity contribution < 1.29 is 13.6 Å². The molecule has 0 aromatic carbocycles. The van der Waals surface area contributed by atoms with Crippen LogP contribution in [0.5, 0.6) is 0 Å². The van der Waals surface area contributed by atoms with Gasteiger partial charge < -0.3 is 5.32 Å². The van der Waals surface area contributed by atoms with E-state index in [2.05, 4.69) is 10.3 Å². The van der Waals surface area contributed by atoms with Crippen LogP contribution in [0.25, 0.3) is 0 Å². The number of nitrogens with one attached hydrogen (secondary N) is 1. The van der Waals surface area contributed by atoms with Crippen molar-refractivity contribution in [2.45, 2.75) is 27.2 Å². The highest BCUT2D eigenvalue weighted by Crippen LogP contribution is 2.27. The third kappa shape index (κ3) is 2.53. The second-order valence-corrected chi connectivity index (χ2v) is 4.17. The number of alkyl halides is 2. The molecule has 0 aliphatic carbocycles. The van der Waals surface area contributed by atoms with E-state index in [0.717, 1.165) is 5.56 Å². The molecule has 16 heavy (non-hydrogen) atoms. The van der Waals surface area contributed by atoms with E-state index in [9.17, 15) is 13.6 Å². The van der Waals surface area contributed by atoms with Crippen molar-refractivity contribution in [3.05, 3.63) is 24.0 Å². The summed E-state index contributed by atoms with van der Waals surface area (Å²) in [7, 11) is 0. The highest BCUT2D eigenvalue weighted by molar-refractivity contribution is 5.95. The van der Waals surface area contributed by atoms with Crippen LogP contribution in [-0.2, 0) is 4.79 Å². The molecule has 0 radical (unpaired) electrons. The predicted octanol–water partition coefficient (Wildman–Crippen LogP) is 2.62. The summed E-state index contributed by atoms with van der Waals surface area (Å²) >= 11 is 0. The fourth-order valence-corrected chi connectivity index (χ4v) is 0.977. The standard InChI is InChI=1S/C11H14F2N2O/c1-7-4-5-14-6-8(7)15-10(16)11(2,3)9(12)13/h4-6,9H,1-3H3,(H,15,16). The average Bonchev–Trinajstić information content (AvgIpc) is 2.21. The Morgan fingerprint density at radius 1 is 1.50 bits per heavy atom. The molecule has 3 nitrogen and oxygen atoms in total. The van der Waals surface area contributed by atoms with Crippen LogP contribution in [0.1, 0.15) is 19.4 Å². The number of anilines is 1. The Kier molecular flexibility index (Phi) is 3.57. The maximum Gasteiger partial charge on any atom is 0.252 e. The Labute approximate surface area is 92.9 Å². The molecule has 0 bridgehead atoms. The molecular weight excluding hydrogens is 214 g/mol. The zero-order valence-corrected chi connectivity index (χ0v) is 9.42. The second kappa shape index (κ2) is 4.55. The Hall–Kier alpha value is -1.52. The van der Waals surface area contributed by atoms with Crippen LogP contribution in [-0.4, -0.2) is 17.3 Å². The van der Waals surface area contributed by atoms with Crippen molar-refractivity contribution in [3.8, 4) is 0 Å². The smallest absolute Gasteiger partial charge is 0.252 e. The molecule has 1 aromatic rings. The van der Waals surface area contributed by atoms with E-state index in [0.29, 0.717) is 5.69 Å². The van der Waals surface area contributed by atoms with Crippen molar-refractivity contribution in [3.63, 3.8) is 0 Å². The van der Waals surface area contributed by atoms with Crippen molar-refractivity contribution in [1.29, 1.82) is 0 Å². The number of amides is 1. The summed E-state index contributed by atoms with van der Waals surface area (Å²) in [4.78, 5) is 15.4. The first kappa shape index (κ1) is 12.5. The van der Waals surface area contributed by atoms with E-state index in [1.54, 1.807) is 19.2 Å². The molecule has 1 aromatic heterocycles. The first-order chi connectivity index (χ1) is 7.35. The lowest BCUT2D eigenvalue weighted by atomic mass is 9.93. The maximum atomic E-state index is 12.6. The van der Waals surface area contributed by atoms with Gasteiger partial charge in [0.2, 0.25) is 5.91 Å². The molecule has 1 heterocycles. The van der Waals surface area contributed by atoms with Crippen LogP contribution >= 0.6 is 0 Å². The molecule has 0 aliphatic heterocycles. The summed E-state index contributed by atoms with van der Waals surface area (Å²) in [5.41, 5.74) is -0.461. The Morgan fingerprint density at radius 3 is 2.62 bits per heavy atom. The fourth-order valence-electron chi connectivity index (χ4n) is 0.977. The normalized spacial score (nSPS) is 11.6. The van der Waals surface area contributed by atoms with Gasteiger partial charge in [-0.05, 0) is 32.4 Å². The summed E-state index contributed by atoms with van der Waals surface area (Å²) in [6, 6.07) is 1.70. The maximum absolute atomic E-state index is 12.6. The van der Waals surface area contributed by atoms with Gasteiger partial charge in [0.15, 0.2) is 0 Å². The van der Waals surface area contributed by atoms with Crippen LogP contribution in [0.3, 0.4) is 0 Å². The van der Waals surface area contributed by atoms with Crippen LogP contribution in [0, 0.1) is 12.3 Å². The number of aromatic nitrogens is 1. The fraction of sp³-hybridized carbons (Fsp3) is 0.455. The lowest BCUT2D eigenvalue weighted by Crippen LogP contribution is -2.37. The predicted molar refractivity (Wildman–Crippen MR) is 57.4 cm³/mol. The molecule has 1 amide bonds. The monoisotopic (exact) mass is 228 g/mol. The number of carbonyl (C=O) groups excluding carboxylic acids is 1. The summed E-state index contributed by atoms with van der Waals surface area (Å²) in [6.45, 7) is 4.18. The molecule has 0 saturated heterocycles. The number of halogens is 2. The van der Waals surface area contributed by atoms with Gasteiger partial charge in [-0.1, -0.05) is 0 Å². The molecule has 0 aliphatic rings. The molecule has 88 valence electrons. The zero-order valence-electron chi connectivity index (χ0n) is 9.42. The topological polar surface area (TPSA) is 42.0 Å². The number of nitrogens with zero attached hydrogens (tertiary/aromatic N) is 1. The van der Waals surface area contributed by atoms with Crippen molar-refractivity contribution in [1.82, 2.24) is 4.98 Å². The Morgan fingerprint density at radius 2 is 2.12 bits per heavy atom. The molecule has 0 saturated carbocycles. The number of pyridine rings is 1. The number of hydrogen-bond donors (Lipinski definition) is 1. The minimum absolute atomic E-state index is 0.459. The lowest BCUT2D eigenvalue weighted by molar-refractivity contribution is -0.131. The summed E-state index contributed by atoms with van der Waals surface area (Å²) in [5, 5.41) is 2.45. The van der Waals surface area contributed by atoms with Gasteiger partial charge in [0, 0.05) is 6.20 Å². The van der Waals surface area contributed by atoms with Gasteiger partial charge >= 0.3 is 0 Å². The molecule has 5 heteroatoms. The Bertz CT molecular complexity index is 391. The van der Waals surface area contributed by atoms with Crippen LogP contribution in [0.2, 0.25) is 0 Å². The second-order valence-electron chi connectivity index (χ2n) is 4.17. The number of carbonyl (C=O) groups is 1. The quantitative estimate of drug-likeness (QED) is 0.864. The van der Waals surface area contributed by atoms with Gasteiger partial charge in [0.1, 0.15) is 5.41 Å². The molecule has 0 spiro atoms. The van der Waals surface area contributed by atoms with Gasteiger partial charge in [0.25, 0.3) is 6.43 Å². The average molecular weight is 228 g/mol. The zero-order chi connectivity index (χ0) is 12.3. The summed E-state index contributed by atoms with van der Waals surface area (Å²) in [6.07, 6.45) is 0.308. The van der Waals surface area contributed by atoms with E-state index in [1.807, 2.05) is 0 Å². The van der Waals surface area contributed by atoms with E-state index < -0.39 is 17.7 Å². The summed E-state index contributed by atoms with van der Waals surface area (Å²) < 4.78 is 25.2. The van der Waals surface area contributed by atoms with Crippen LogP contribution in [0.4, 0.5) is 14.5 Å². The molecule has 1 N–H and O–H groups in total. The molecular formula is C11H14F2N2O. The lowest BCUT2D eigenvalue weighted by Gasteiger charge is -2.22. The molecule has 0 fully saturated rings. The minimum atomic E-state index is -2.70. The van der Waals surface area contributed by atoms with Gasteiger partial charge in [-0.2, -0.15) is 0 Å². The van der Waals surface area contributed by atoms with E-state index >= 15 is 0 Å². The third-order valence-corrected chi connectivity index (χ3v) is 2.42. The van der Waals surface area contributed by atoms with Crippen molar-refractivity contribution in [2.75, 3.05) is 5.32 Å². The van der Waals surface area contributed by atoms with Gasteiger partial charge in [-0.25, -0.2) is 8.78 Å². The van der Waals surface area contributed by atoms with Crippen molar-refractivity contribution >= 4 is 11.6 Å². The molecule has 0 atom stereocenters. The number of rotatable bonds is 3. The van der Waals surface area contributed by atoms with Gasteiger partial charge in [-0.15, -0.1) is 0 Å². The van der Waals surface area contributed by atoms with Gasteiger partial charge in [-0.3, -0.25) is 9.78 Å². The van der Waals surface area contributed by atoms with Gasteiger partial charge in [0.05, 0.1) is 11.9 Å². The number of hydrogen-bond acceptors (Lipinski definition) is 2. The van der Waals surface area contributed by atoms with Crippen LogP contribution in [0.15, 0.2) is 18.5 Å². The van der Waals surface area contributed by atoms with E-state index in [-0.39, 0.29) is 0 Å². The molecule has 0 unspecified atom stereocenters. The minimum Gasteiger partial charge on any atom is -0.324 e. The third-order valence-electron chi connectivity index (χ3n) is 2.42.